The van der Waals surface area contributed by atoms with Gasteiger partial charge in [-0.1, -0.05) is 0 Å². The molecule has 2 aromatic heterocycles. The van der Waals surface area contributed by atoms with E-state index in [1.165, 1.54) is 0 Å². The smallest absolute Gasteiger partial charge is 0.223 e. The van der Waals surface area contributed by atoms with E-state index in [9.17, 15) is 13.2 Å². The van der Waals surface area contributed by atoms with Gasteiger partial charge in [0.2, 0.25) is 15.9 Å². The summed E-state index contributed by atoms with van der Waals surface area (Å²) >= 11 is 0. The zero-order chi connectivity index (χ0) is 20.1. The van der Waals surface area contributed by atoms with E-state index in [0.29, 0.717) is 32.4 Å². The fourth-order valence-corrected chi connectivity index (χ4v) is 3.69. The van der Waals surface area contributed by atoms with E-state index in [1.807, 2.05) is 11.0 Å². The van der Waals surface area contributed by atoms with Crippen LogP contribution >= 0.6 is 0 Å². The van der Waals surface area contributed by atoms with Crippen molar-refractivity contribution in [3.63, 3.8) is 0 Å². The monoisotopic (exact) mass is 403 g/mol. The number of nitrogens with one attached hydrogen (secondary N) is 1. The molecule has 0 aromatic carbocycles. The molecule has 1 aliphatic heterocycles. The molecule has 0 radical (unpaired) electrons. The first-order valence-corrected chi connectivity index (χ1v) is 10.9. The highest BCUT2D eigenvalue weighted by Crippen LogP contribution is 2.19. The number of aromatic nitrogens is 3. The Hall–Kier alpha value is -2.39. The lowest BCUT2D eigenvalue weighted by atomic mass is 10.0. The number of sulfonamides is 1. The number of pyridine rings is 1. The molecule has 2 aromatic rings. The minimum Gasteiger partial charge on any atom is -0.338 e. The number of carbonyl (C=O) groups is 1. The molecule has 0 fully saturated rings. The van der Waals surface area contributed by atoms with Gasteiger partial charge in [-0.25, -0.2) is 13.1 Å². The third-order valence-corrected chi connectivity index (χ3v) is 6.55. The molecule has 1 aliphatic rings. The zero-order valence-corrected chi connectivity index (χ0v) is 16.9. The molecule has 0 unspecified atom stereocenters. The zero-order valence-electron chi connectivity index (χ0n) is 16.1. The van der Waals surface area contributed by atoms with Gasteiger partial charge in [-0.15, -0.1) is 0 Å². The number of hydrogen-bond acceptors (Lipinski definition) is 6. The Kier molecular flexibility index (Phi) is 6.35. The van der Waals surface area contributed by atoms with Crippen molar-refractivity contribution in [2.45, 2.75) is 51.4 Å². The third-order valence-electron chi connectivity index (χ3n) is 4.76. The minimum absolute atomic E-state index is 0.0715. The van der Waals surface area contributed by atoms with Crippen LogP contribution in [0, 0.1) is 0 Å². The van der Waals surface area contributed by atoms with Gasteiger partial charge in [0.25, 0.3) is 0 Å². The molecule has 3 rings (SSSR count). The Morgan fingerprint density at radius 1 is 1.25 bits per heavy atom. The summed E-state index contributed by atoms with van der Waals surface area (Å²) in [4.78, 5) is 27.1. The molecule has 0 saturated carbocycles. The van der Waals surface area contributed by atoms with E-state index >= 15 is 0 Å². The summed E-state index contributed by atoms with van der Waals surface area (Å²) in [5.74, 6) is 0.0715. The van der Waals surface area contributed by atoms with Crippen molar-refractivity contribution in [1.82, 2.24) is 24.6 Å². The average Bonchev–Trinajstić information content (AvgIpc) is 2.70. The summed E-state index contributed by atoms with van der Waals surface area (Å²) in [5, 5.41) is -0.486. The molecule has 0 aliphatic carbocycles. The Bertz CT molecular complexity index is 932. The molecule has 0 spiro atoms. The summed E-state index contributed by atoms with van der Waals surface area (Å²) in [6.07, 6.45) is 8.25. The predicted octanol–water partition coefficient (Wildman–Crippen LogP) is 1.22. The highest BCUT2D eigenvalue weighted by molar-refractivity contribution is 7.90. The molecule has 8 nitrogen and oxygen atoms in total. The first kappa shape index (κ1) is 20.3. The maximum absolute atomic E-state index is 12.6. The SMILES string of the molecule is CC(C)S(=O)(=O)NCc1cnc2c(c1)CN(C(=O)CCc1cnccn1)CC2. The summed E-state index contributed by atoms with van der Waals surface area (Å²) in [6, 6.07) is 1.94. The highest BCUT2D eigenvalue weighted by atomic mass is 32.2. The number of aryl methyl sites for hydroxylation is 1. The van der Waals surface area contributed by atoms with Crippen LogP contribution in [0.3, 0.4) is 0 Å². The van der Waals surface area contributed by atoms with E-state index in [2.05, 4.69) is 19.7 Å². The second-order valence-corrected chi connectivity index (χ2v) is 9.45. The van der Waals surface area contributed by atoms with E-state index in [1.54, 1.807) is 38.6 Å². The number of hydrogen-bond donors (Lipinski definition) is 1. The van der Waals surface area contributed by atoms with Crippen LogP contribution in [0.4, 0.5) is 0 Å². The van der Waals surface area contributed by atoms with E-state index in [4.69, 9.17) is 0 Å². The lowest BCUT2D eigenvalue weighted by molar-refractivity contribution is -0.132. The van der Waals surface area contributed by atoms with Gasteiger partial charge in [0.1, 0.15) is 0 Å². The Morgan fingerprint density at radius 3 is 2.79 bits per heavy atom. The maximum atomic E-state index is 12.6. The molecule has 150 valence electrons. The van der Waals surface area contributed by atoms with Crippen molar-refractivity contribution < 1.29 is 13.2 Å². The van der Waals surface area contributed by atoms with Crippen LogP contribution in [0.5, 0.6) is 0 Å². The van der Waals surface area contributed by atoms with Crippen LogP contribution in [0.15, 0.2) is 30.9 Å². The second kappa shape index (κ2) is 8.74. The van der Waals surface area contributed by atoms with E-state index in [0.717, 1.165) is 22.5 Å². The van der Waals surface area contributed by atoms with Crippen LogP contribution < -0.4 is 4.72 Å². The first-order valence-electron chi connectivity index (χ1n) is 9.33. The average molecular weight is 404 g/mol. The van der Waals surface area contributed by atoms with Gasteiger partial charge in [-0.3, -0.25) is 19.7 Å². The fourth-order valence-electron chi connectivity index (χ4n) is 2.99. The molecular formula is C19H25N5O3S. The topological polar surface area (TPSA) is 105 Å². The van der Waals surface area contributed by atoms with Crippen LogP contribution in [-0.2, 0) is 40.7 Å². The summed E-state index contributed by atoms with van der Waals surface area (Å²) < 4.78 is 26.5. The number of fused-ring (bicyclic) bond motifs is 1. The summed E-state index contributed by atoms with van der Waals surface area (Å²) in [6.45, 7) is 4.60. The Balaban J connectivity index is 1.61. The molecule has 1 N–H and O–H groups in total. The van der Waals surface area contributed by atoms with Crippen molar-refractivity contribution in [3.05, 3.63) is 53.4 Å². The number of carbonyl (C=O) groups excluding carboxylic acids is 1. The van der Waals surface area contributed by atoms with Crippen molar-refractivity contribution in [2.24, 2.45) is 0 Å². The fraction of sp³-hybridized carbons (Fsp3) is 0.474. The lowest BCUT2D eigenvalue weighted by Gasteiger charge is -2.28. The van der Waals surface area contributed by atoms with Crippen molar-refractivity contribution >= 4 is 15.9 Å². The quantitative estimate of drug-likeness (QED) is 0.745. The molecule has 0 saturated heterocycles. The molecule has 0 bridgehead atoms. The highest BCUT2D eigenvalue weighted by Gasteiger charge is 2.22. The maximum Gasteiger partial charge on any atom is 0.223 e. The number of amides is 1. The van der Waals surface area contributed by atoms with Crippen LogP contribution in [-0.4, -0.2) is 46.0 Å². The molecular weight excluding hydrogens is 378 g/mol. The molecule has 1 amide bonds. The van der Waals surface area contributed by atoms with Crippen LogP contribution in [0.2, 0.25) is 0 Å². The van der Waals surface area contributed by atoms with Crippen molar-refractivity contribution in [3.8, 4) is 0 Å². The summed E-state index contributed by atoms with van der Waals surface area (Å²) in [7, 11) is -3.33. The summed E-state index contributed by atoms with van der Waals surface area (Å²) in [5.41, 5.74) is 3.53. The Labute approximate surface area is 165 Å². The number of nitrogens with zero attached hydrogens (tertiary/aromatic N) is 4. The molecule has 3 heterocycles. The second-order valence-electron chi connectivity index (χ2n) is 7.13. The lowest BCUT2D eigenvalue weighted by Crippen LogP contribution is -2.36. The van der Waals surface area contributed by atoms with Gasteiger partial charge in [0, 0.05) is 63.0 Å². The third kappa shape index (κ3) is 5.11. The van der Waals surface area contributed by atoms with Gasteiger partial charge in [0.05, 0.1) is 10.9 Å². The number of rotatable bonds is 7. The Morgan fingerprint density at radius 2 is 2.07 bits per heavy atom. The van der Waals surface area contributed by atoms with Crippen molar-refractivity contribution in [1.29, 1.82) is 0 Å². The van der Waals surface area contributed by atoms with E-state index in [-0.39, 0.29) is 12.5 Å². The van der Waals surface area contributed by atoms with Gasteiger partial charge in [0.15, 0.2) is 0 Å². The van der Waals surface area contributed by atoms with Crippen LogP contribution in [0.25, 0.3) is 0 Å². The molecule has 0 atom stereocenters. The van der Waals surface area contributed by atoms with Gasteiger partial charge in [-0.2, -0.15) is 0 Å². The standard InChI is InChI=1S/C19H25N5O3S/c1-14(2)28(26,27)23-11-15-9-16-13-24(8-5-18(16)22-10-15)19(25)4-3-17-12-20-6-7-21-17/h6-7,9-10,12,14,23H,3-5,8,11,13H2,1-2H3. The largest absolute Gasteiger partial charge is 0.338 e. The van der Waals surface area contributed by atoms with E-state index < -0.39 is 15.3 Å². The van der Waals surface area contributed by atoms with Gasteiger partial charge < -0.3 is 4.90 Å². The van der Waals surface area contributed by atoms with Gasteiger partial charge in [-0.05, 0) is 37.5 Å². The minimum atomic E-state index is -3.33. The van der Waals surface area contributed by atoms with Crippen molar-refractivity contribution in [2.75, 3.05) is 6.54 Å². The van der Waals surface area contributed by atoms with Gasteiger partial charge >= 0.3 is 0 Å². The predicted molar refractivity (Wildman–Crippen MR) is 105 cm³/mol. The molecule has 9 heteroatoms. The van der Waals surface area contributed by atoms with Crippen LogP contribution in [0.1, 0.15) is 42.8 Å². The first-order chi connectivity index (χ1) is 13.3. The molecule has 28 heavy (non-hydrogen) atoms. The normalized spacial score (nSPS) is 14.2.